The van der Waals surface area contributed by atoms with E-state index in [1.807, 2.05) is 0 Å². The highest BCUT2D eigenvalue weighted by molar-refractivity contribution is 5.46. The van der Waals surface area contributed by atoms with Gasteiger partial charge in [0, 0.05) is 18.0 Å². The molecule has 2 heteroatoms. The van der Waals surface area contributed by atoms with Crippen molar-refractivity contribution in [2.24, 2.45) is 5.92 Å². The standard InChI is InChI=1S/C16H23NO/c1-2-17-15(12-6-3-4-7-12)14-9-5-8-13-10-11-18-16(13)14/h5,8-9,12,15,17H,2-4,6-7,10-11H2,1H3. The van der Waals surface area contributed by atoms with Crippen molar-refractivity contribution in [2.45, 2.75) is 45.1 Å². The van der Waals surface area contributed by atoms with Crippen molar-refractivity contribution in [1.29, 1.82) is 0 Å². The summed E-state index contributed by atoms with van der Waals surface area (Å²) in [4.78, 5) is 0. The number of fused-ring (bicyclic) bond motifs is 1. The van der Waals surface area contributed by atoms with Crippen LogP contribution in [0.2, 0.25) is 0 Å². The van der Waals surface area contributed by atoms with Crippen molar-refractivity contribution < 1.29 is 4.74 Å². The minimum absolute atomic E-state index is 0.491. The fourth-order valence-corrected chi connectivity index (χ4v) is 3.53. The fourth-order valence-electron chi connectivity index (χ4n) is 3.53. The van der Waals surface area contributed by atoms with Crippen LogP contribution in [0.5, 0.6) is 5.75 Å². The van der Waals surface area contributed by atoms with E-state index >= 15 is 0 Å². The van der Waals surface area contributed by atoms with Crippen molar-refractivity contribution in [2.75, 3.05) is 13.2 Å². The molecule has 0 bridgehead atoms. The zero-order chi connectivity index (χ0) is 12.4. The Labute approximate surface area is 110 Å². The Bertz CT molecular complexity index is 410. The smallest absolute Gasteiger partial charge is 0.127 e. The molecule has 1 N–H and O–H groups in total. The molecule has 1 aliphatic carbocycles. The van der Waals surface area contributed by atoms with Gasteiger partial charge in [0.05, 0.1) is 6.61 Å². The quantitative estimate of drug-likeness (QED) is 0.877. The van der Waals surface area contributed by atoms with Crippen LogP contribution in [0.15, 0.2) is 18.2 Å². The number of nitrogens with one attached hydrogen (secondary N) is 1. The maximum atomic E-state index is 5.88. The zero-order valence-corrected chi connectivity index (χ0v) is 11.2. The van der Waals surface area contributed by atoms with Crippen LogP contribution in [0.4, 0.5) is 0 Å². The van der Waals surface area contributed by atoms with Crippen LogP contribution >= 0.6 is 0 Å². The first-order valence-electron chi connectivity index (χ1n) is 7.38. The first-order valence-corrected chi connectivity index (χ1v) is 7.38. The molecule has 1 aromatic rings. The first kappa shape index (κ1) is 12.0. The molecule has 0 spiro atoms. The summed E-state index contributed by atoms with van der Waals surface area (Å²) in [5.74, 6) is 1.97. The Balaban J connectivity index is 1.92. The van der Waals surface area contributed by atoms with Gasteiger partial charge in [0.15, 0.2) is 0 Å². The summed E-state index contributed by atoms with van der Waals surface area (Å²) in [6.45, 7) is 4.09. The highest BCUT2D eigenvalue weighted by Gasteiger charge is 2.29. The maximum Gasteiger partial charge on any atom is 0.127 e. The number of rotatable bonds is 4. The molecule has 1 atom stereocenters. The molecule has 18 heavy (non-hydrogen) atoms. The summed E-state index contributed by atoms with van der Waals surface area (Å²) in [7, 11) is 0. The van der Waals surface area contributed by atoms with E-state index in [9.17, 15) is 0 Å². The van der Waals surface area contributed by atoms with Crippen molar-refractivity contribution in [3.05, 3.63) is 29.3 Å². The molecule has 0 aromatic heterocycles. The molecule has 1 heterocycles. The Morgan fingerprint density at radius 2 is 2.17 bits per heavy atom. The van der Waals surface area contributed by atoms with Gasteiger partial charge in [-0.3, -0.25) is 0 Å². The summed E-state index contributed by atoms with van der Waals surface area (Å²) in [6.07, 6.45) is 6.58. The third-order valence-electron chi connectivity index (χ3n) is 4.38. The van der Waals surface area contributed by atoms with E-state index in [4.69, 9.17) is 4.74 Å². The molecular weight excluding hydrogens is 222 g/mol. The molecule has 1 fully saturated rings. The Morgan fingerprint density at radius 3 is 2.94 bits per heavy atom. The third kappa shape index (κ3) is 2.14. The molecule has 1 aromatic carbocycles. The Hall–Kier alpha value is -1.02. The van der Waals surface area contributed by atoms with E-state index in [2.05, 4.69) is 30.4 Å². The van der Waals surface area contributed by atoms with Gasteiger partial charge in [-0.25, -0.2) is 0 Å². The number of ether oxygens (including phenoxy) is 1. The predicted molar refractivity (Wildman–Crippen MR) is 74.0 cm³/mol. The summed E-state index contributed by atoms with van der Waals surface area (Å²) >= 11 is 0. The first-order chi connectivity index (χ1) is 8.90. The van der Waals surface area contributed by atoms with Gasteiger partial charge in [0.1, 0.15) is 5.75 Å². The summed E-state index contributed by atoms with van der Waals surface area (Å²) in [5.41, 5.74) is 2.80. The van der Waals surface area contributed by atoms with E-state index < -0.39 is 0 Å². The van der Waals surface area contributed by atoms with Crippen molar-refractivity contribution in [3.63, 3.8) is 0 Å². The second-order valence-corrected chi connectivity index (χ2v) is 5.51. The van der Waals surface area contributed by atoms with Gasteiger partial charge in [-0.2, -0.15) is 0 Å². The van der Waals surface area contributed by atoms with Crippen molar-refractivity contribution in [1.82, 2.24) is 5.32 Å². The Morgan fingerprint density at radius 1 is 1.33 bits per heavy atom. The lowest BCUT2D eigenvalue weighted by molar-refractivity contribution is 0.328. The molecule has 1 unspecified atom stereocenters. The molecular formula is C16H23NO. The van der Waals surface area contributed by atoms with Gasteiger partial charge >= 0.3 is 0 Å². The van der Waals surface area contributed by atoms with Gasteiger partial charge in [0.2, 0.25) is 0 Å². The minimum atomic E-state index is 0.491. The number of hydrogen-bond donors (Lipinski definition) is 1. The fraction of sp³-hybridized carbons (Fsp3) is 0.625. The average molecular weight is 245 g/mol. The van der Waals surface area contributed by atoms with Crippen LogP contribution in [-0.2, 0) is 6.42 Å². The monoisotopic (exact) mass is 245 g/mol. The van der Waals surface area contributed by atoms with Crippen LogP contribution in [0.1, 0.15) is 49.8 Å². The molecule has 1 aliphatic heterocycles. The number of benzene rings is 1. The summed E-state index contributed by atoms with van der Waals surface area (Å²) < 4.78 is 5.88. The van der Waals surface area contributed by atoms with Crippen LogP contribution in [0, 0.1) is 5.92 Å². The molecule has 0 radical (unpaired) electrons. The van der Waals surface area contributed by atoms with Crippen molar-refractivity contribution >= 4 is 0 Å². The molecule has 2 aliphatic rings. The zero-order valence-electron chi connectivity index (χ0n) is 11.2. The van der Waals surface area contributed by atoms with E-state index in [-0.39, 0.29) is 0 Å². The predicted octanol–water partition coefficient (Wildman–Crippen LogP) is 3.46. The molecule has 0 amide bonds. The second kappa shape index (κ2) is 5.31. The van der Waals surface area contributed by atoms with Crippen LogP contribution in [0.25, 0.3) is 0 Å². The van der Waals surface area contributed by atoms with E-state index in [0.29, 0.717) is 6.04 Å². The lowest BCUT2D eigenvalue weighted by Crippen LogP contribution is -2.27. The molecule has 2 nitrogen and oxygen atoms in total. The van der Waals surface area contributed by atoms with Gasteiger partial charge in [0.25, 0.3) is 0 Å². The molecule has 1 saturated carbocycles. The lowest BCUT2D eigenvalue weighted by Gasteiger charge is -2.26. The van der Waals surface area contributed by atoms with E-state index in [1.54, 1.807) is 0 Å². The topological polar surface area (TPSA) is 21.3 Å². The largest absolute Gasteiger partial charge is 0.493 e. The molecule has 98 valence electrons. The Kier molecular flexibility index (Phi) is 3.55. The van der Waals surface area contributed by atoms with Gasteiger partial charge in [-0.1, -0.05) is 38.0 Å². The highest BCUT2D eigenvalue weighted by atomic mass is 16.5. The normalized spacial score (nSPS) is 20.7. The SMILES string of the molecule is CCNC(c1cccc2c1OCC2)C1CCCC1. The number of hydrogen-bond acceptors (Lipinski definition) is 2. The van der Waals surface area contributed by atoms with E-state index in [1.165, 1.54) is 42.6 Å². The average Bonchev–Trinajstić information content (AvgIpc) is 3.06. The third-order valence-corrected chi connectivity index (χ3v) is 4.38. The van der Waals surface area contributed by atoms with Gasteiger partial charge in [-0.15, -0.1) is 0 Å². The molecule has 3 rings (SSSR count). The van der Waals surface area contributed by atoms with Crippen molar-refractivity contribution in [3.8, 4) is 5.75 Å². The summed E-state index contributed by atoms with van der Waals surface area (Å²) in [6, 6.07) is 7.16. The minimum Gasteiger partial charge on any atom is -0.493 e. The van der Waals surface area contributed by atoms with Crippen LogP contribution < -0.4 is 10.1 Å². The molecule has 0 saturated heterocycles. The van der Waals surface area contributed by atoms with Gasteiger partial charge < -0.3 is 10.1 Å². The highest BCUT2D eigenvalue weighted by Crippen LogP contribution is 2.41. The second-order valence-electron chi connectivity index (χ2n) is 5.51. The van der Waals surface area contributed by atoms with Crippen LogP contribution in [0.3, 0.4) is 0 Å². The van der Waals surface area contributed by atoms with Gasteiger partial charge in [-0.05, 0) is 30.9 Å². The lowest BCUT2D eigenvalue weighted by atomic mass is 9.90. The number of para-hydroxylation sites is 1. The van der Waals surface area contributed by atoms with E-state index in [0.717, 1.165) is 25.5 Å². The summed E-state index contributed by atoms with van der Waals surface area (Å²) in [5, 5.41) is 3.69. The van der Waals surface area contributed by atoms with Crippen LogP contribution in [-0.4, -0.2) is 13.2 Å². The maximum absolute atomic E-state index is 5.88.